The summed E-state index contributed by atoms with van der Waals surface area (Å²) >= 11 is 0. The molecule has 0 radical (unpaired) electrons. The Morgan fingerprint density at radius 3 is 2.75 bits per heavy atom. The van der Waals surface area contributed by atoms with Crippen LogP contribution in [0.25, 0.3) is 0 Å². The molecule has 0 aliphatic carbocycles. The van der Waals surface area contributed by atoms with E-state index >= 15 is 0 Å². The fourth-order valence-corrected chi connectivity index (χ4v) is 2.04. The van der Waals surface area contributed by atoms with E-state index in [9.17, 15) is 0 Å². The Labute approximate surface area is 120 Å². The van der Waals surface area contributed by atoms with Gasteiger partial charge in [0.05, 0.1) is 12.6 Å². The number of hydrazine groups is 1. The molecule has 0 saturated carbocycles. The van der Waals surface area contributed by atoms with Gasteiger partial charge in [-0.15, -0.1) is 0 Å². The molecule has 0 aliphatic heterocycles. The van der Waals surface area contributed by atoms with Crippen LogP contribution in [0.5, 0.6) is 5.75 Å². The van der Waals surface area contributed by atoms with Gasteiger partial charge in [0.15, 0.2) is 0 Å². The number of benzene rings is 1. The zero-order valence-electron chi connectivity index (χ0n) is 12.0. The molecular weight excluding hydrogens is 250 g/mol. The molecule has 106 valence electrons. The summed E-state index contributed by atoms with van der Waals surface area (Å²) in [6, 6.07) is 11.9. The van der Waals surface area contributed by atoms with Crippen molar-refractivity contribution in [2.45, 2.75) is 26.3 Å². The molecule has 0 amide bonds. The van der Waals surface area contributed by atoms with Gasteiger partial charge >= 0.3 is 0 Å². The van der Waals surface area contributed by atoms with Crippen molar-refractivity contribution in [1.29, 1.82) is 0 Å². The molecule has 1 unspecified atom stereocenters. The molecule has 1 aromatic heterocycles. The molecule has 0 saturated heterocycles. The van der Waals surface area contributed by atoms with E-state index in [1.807, 2.05) is 49.5 Å². The lowest BCUT2D eigenvalue weighted by Crippen LogP contribution is -2.29. The summed E-state index contributed by atoms with van der Waals surface area (Å²) in [5.41, 5.74) is 5.93. The van der Waals surface area contributed by atoms with Gasteiger partial charge in [-0.05, 0) is 42.7 Å². The second kappa shape index (κ2) is 7.03. The van der Waals surface area contributed by atoms with Gasteiger partial charge in [-0.1, -0.05) is 25.1 Å². The topological polar surface area (TPSA) is 60.2 Å². The fraction of sp³-hybridized carbons (Fsp3) is 0.312. The standard InChI is InChI=1S/C16H21N3O/c1-3-9-20-15-6-4-5-13(10-15)16(19-17)14-8-7-12(2)18-11-14/h4-8,10-11,16,19H,3,9,17H2,1-2H3. The molecule has 2 rings (SSSR count). The summed E-state index contributed by atoms with van der Waals surface area (Å²) in [7, 11) is 0. The third kappa shape index (κ3) is 3.56. The first kappa shape index (κ1) is 14.5. The van der Waals surface area contributed by atoms with Crippen molar-refractivity contribution in [3.05, 3.63) is 59.4 Å². The molecule has 0 bridgehead atoms. The Morgan fingerprint density at radius 1 is 1.25 bits per heavy atom. The van der Waals surface area contributed by atoms with E-state index < -0.39 is 0 Å². The number of rotatable bonds is 6. The number of ether oxygens (including phenoxy) is 1. The molecule has 1 heterocycles. The van der Waals surface area contributed by atoms with Crippen LogP contribution >= 0.6 is 0 Å². The summed E-state index contributed by atoms with van der Waals surface area (Å²) in [5, 5.41) is 0. The van der Waals surface area contributed by atoms with E-state index in [1.54, 1.807) is 0 Å². The average molecular weight is 271 g/mol. The van der Waals surface area contributed by atoms with Crippen LogP contribution in [0.2, 0.25) is 0 Å². The van der Waals surface area contributed by atoms with Gasteiger partial charge in [0.2, 0.25) is 0 Å². The highest BCUT2D eigenvalue weighted by Gasteiger charge is 2.13. The molecule has 20 heavy (non-hydrogen) atoms. The van der Waals surface area contributed by atoms with Gasteiger partial charge in [-0.2, -0.15) is 0 Å². The third-order valence-corrected chi connectivity index (χ3v) is 3.10. The van der Waals surface area contributed by atoms with Crippen molar-refractivity contribution in [2.75, 3.05) is 6.61 Å². The maximum absolute atomic E-state index is 5.71. The Hall–Kier alpha value is -1.91. The van der Waals surface area contributed by atoms with Crippen molar-refractivity contribution >= 4 is 0 Å². The van der Waals surface area contributed by atoms with Crippen molar-refractivity contribution in [3.8, 4) is 5.75 Å². The lowest BCUT2D eigenvalue weighted by atomic mass is 10.0. The Morgan fingerprint density at radius 2 is 2.10 bits per heavy atom. The number of hydrogen-bond acceptors (Lipinski definition) is 4. The normalized spacial score (nSPS) is 12.2. The van der Waals surface area contributed by atoms with Crippen molar-refractivity contribution in [1.82, 2.24) is 10.4 Å². The minimum atomic E-state index is -0.0896. The first-order valence-electron chi connectivity index (χ1n) is 6.86. The summed E-state index contributed by atoms with van der Waals surface area (Å²) < 4.78 is 5.66. The lowest BCUT2D eigenvalue weighted by molar-refractivity contribution is 0.317. The fourth-order valence-electron chi connectivity index (χ4n) is 2.04. The van der Waals surface area contributed by atoms with E-state index in [0.717, 1.165) is 35.6 Å². The average Bonchev–Trinajstić information content (AvgIpc) is 2.48. The van der Waals surface area contributed by atoms with Crippen LogP contribution in [0.3, 0.4) is 0 Å². The highest BCUT2D eigenvalue weighted by Crippen LogP contribution is 2.24. The molecule has 0 fully saturated rings. The molecule has 4 nitrogen and oxygen atoms in total. The van der Waals surface area contributed by atoms with E-state index in [4.69, 9.17) is 10.6 Å². The highest BCUT2D eigenvalue weighted by atomic mass is 16.5. The van der Waals surface area contributed by atoms with Crippen LogP contribution in [-0.4, -0.2) is 11.6 Å². The van der Waals surface area contributed by atoms with Crippen LogP contribution in [0.1, 0.15) is 36.2 Å². The quantitative estimate of drug-likeness (QED) is 0.626. The molecule has 3 N–H and O–H groups in total. The van der Waals surface area contributed by atoms with E-state index in [2.05, 4.69) is 17.3 Å². The predicted molar refractivity (Wildman–Crippen MR) is 80.4 cm³/mol. The van der Waals surface area contributed by atoms with Gasteiger partial charge in [-0.3, -0.25) is 10.8 Å². The number of nitrogens with one attached hydrogen (secondary N) is 1. The SMILES string of the molecule is CCCOc1cccc(C(NN)c2ccc(C)nc2)c1. The van der Waals surface area contributed by atoms with Crippen LogP contribution in [0, 0.1) is 6.92 Å². The molecular formula is C16H21N3O. The molecule has 0 aliphatic rings. The van der Waals surface area contributed by atoms with Crippen LogP contribution in [0.15, 0.2) is 42.6 Å². The van der Waals surface area contributed by atoms with Gasteiger partial charge < -0.3 is 4.74 Å². The smallest absolute Gasteiger partial charge is 0.119 e. The van der Waals surface area contributed by atoms with Gasteiger partial charge in [0, 0.05) is 11.9 Å². The van der Waals surface area contributed by atoms with Crippen molar-refractivity contribution in [3.63, 3.8) is 0 Å². The maximum Gasteiger partial charge on any atom is 0.119 e. The number of nitrogens with two attached hydrogens (primary N) is 1. The Bertz CT molecular complexity index is 540. The number of aromatic nitrogens is 1. The Balaban J connectivity index is 2.24. The van der Waals surface area contributed by atoms with E-state index in [1.165, 1.54) is 0 Å². The summed E-state index contributed by atoms with van der Waals surface area (Å²) in [6.07, 6.45) is 2.84. The van der Waals surface area contributed by atoms with Gasteiger partial charge in [0.25, 0.3) is 0 Å². The number of aryl methyl sites for hydroxylation is 1. The summed E-state index contributed by atoms with van der Waals surface area (Å²) in [6.45, 7) is 4.77. The van der Waals surface area contributed by atoms with E-state index in [-0.39, 0.29) is 6.04 Å². The maximum atomic E-state index is 5.71. The zero-order chi connectivity index (χ0) is 14.4. The minimum Gasteiger partial charge on any atom is -0.494 e. The number of pyridine rings is 1. The van der Waals surface area contributed by atoms with E-state index in [0.29, 0.717) is 0 Å². The van der Waals surface area contributed by atoms with Crippen LogP contribution < -0.4 is 16.0 Å². The highest BCUT2D eigenvalue weighted by molar-refractivity contribution is 5.36. The molecule has 2 aromatic rings. The summed E-state index contributed by atoms with van der Waals surface area (Å²) in [5.74, 6) is 6.57. The third-order valence-electron chi connectivity index (χ3n) is 3.10. The first-order chi connectivity index (χ1) is 9.74. The van der Waals surface area contributed by atoms with Crippen LogP contribution in [0.4, 0.5) is 0 Å². The van der Waals surface area contributed by atoms with Gasteiger partial charge in [-0.25, -0.2) is 5.43 Å². The molecule has 1 aromatic carbocycles. The Kier molecular flexibility index (Phi) is 5.09. The second-order valence-electron chi connectivity index (χ2n) is 4.75. The second-order valence-corrected chi connectivity index (χ2v) is 4.75. The first-order valence-corrected chi connectivity index (χ1v) is 6.86. The number of hydrogen-bond donors (Lipinski definition) is 2. The van der Waals surface area contributed by atoms with Crippen molar-refractivity contribution in [2.24, 2.45) is 5.84 Å². The zero-order valence-corrected chi connectivity index (χ0v) is 12.0. The molecule has 4 heteroatoms. The molecule has 0 spiro atoms. The largest absolute Gasteiger partial charge is 0.494 e. The summed E-state index contributed by atoms with van der Waals surface area (Å²) in [4.78, 5) is 4.32. The van der Waals surface area contributed by atoms with Gasteiger partial charge in [0.1, 0.15) is 5.75 Å². The molecule has 1 atom stereocenters. The number of nitrogens with zero attached hydrogens (tertiary/aromatic N) is 1. The predicted octanol–water partition coefficient (Wildman–Crippen LogP) is 2.73. The van der Waals surface area contributed by atoms with Crippen molar-refractivity contribution < 1.29 is 4.74 Å². The minimum absolute atomic E-state index is 0.0896. The monoisotopic (exact) mass is 271 g/mol. The lowest BCUT2D eigenvalue weighted by Gasteiger charge is -2.17. The van der Waals surface area contributed by atoms with Crippen LogP contribution in [-0.2, 0) is 0 Å².